The number of likely N-dealkylation sites (tertiary alicyclic amines) is 1. The largest absolute Gasteiger partial charge is 0.493 e. The highest BCUT2D eigenvalue weighted by Crippen LogP contribution is 2.36. The predicted octanol–water partition coefficient (Wildman–Crippen LogP) is 7.22. The van der Waals surface area contributed by atoms with Gasteiger partial charge in [0.25, 0.3) is 0 Å². The molecule has 11 heteroatoms. The molecule has 1 saturated heterocycles. The van der Waals surface area contributed by atoms with Crippen molar-refractivity contribution in [2.45, 2.75) is 66.0 Å². The summed E-state index contributed by atoms with van der Waals surface area (Å²) in [4.78, 5) is 6.46. The van der Waals surface area contributed by atoms with Gasteiger partial charge in [0.15, 0.2) is 0 Å². The lowest BCUT2D eigenvalue weighted by atomic mass is 9.93. The van der Waals surface area contributed by atoms with Crippen molar-refractivity contribution in [1.29, 1.82) is 5.26 Å². The number of aromatic nitrogens is 3. The van der Waals surface area contributed by atoms with Gasteiger partial charge >= 0.3 is 0 Å². The van der Waals surface area contributed by atoms with Crippen molar-refractivity contribution in [3.8, 4) is 34.4 Å². The molecule has 5 aromatic rings. The number of nitriles is 1. The first-order valence-corrected chi connectivity index (χ1v) is 18.4. The molecule has 0 aliphatic carbocycles. The molecule has 6 rings (SSSR count). The molecule has 53 heavy (non-hydrogen) atoms. The Labute approximate surface area is 316 Å². The van der Waals surface area contributed by atoms with Gasteiger partial charge in [-0.15, -0.1) is 0 Å². The maximum absolute atomic E-state index is 9.80. The lowest BCUT2D eigenvalue weighted by Crippen LogP contribution is -2.24. The Hall–Kier alpha value is -4.92. The van der Waals surface area contributed by atoms with E-state index in [-0.39, 0.29) is 12.7 Å². The SMILES string of the molecule is Cc1c(COc2cc(OCc3cncc(C#N)c3)c(CNCc3cc(C)n(C)n3)cc2Cl)cccc1-c1cccc(OCCCN2CCC(O)C2)c1C. The molecule has 3 aromatic carbocycles. The Morgan fingerprint density at radius 3 is 2.45 bits per heavy atom. The fraction of sp³-hybridized carbons (Fsp3) is 0.357. The summed E-state index contributed by atoms with van der Waals surface area (Å²) in [5, 5.41) is 27.6. The van der Waals surface area contributed by atoms with E-state index in [1.165, 1.54) is 6.20 Å². The van der Waals surface area contributed by atoms with Crippen LogP contribution in [-0.2, 0) is 33.4 Å². The van der Waals surface area contributed by atoms with Gasteiger partial charge in [-0.2, -0.15) is 10.4 Å². The maximum atomic E-state index is 9.80. The summed E-state index contributed by atoms with van der Waals surface area (Å²) in [6.45, 7) is 11.1. The molecule has 3 heterocycles. The first-order valence-electron chi connectivity index (χ1n) is 18.0. The van der Waals surface area contributed by atoms with E-state index in [4.69, 9.17) is 25.8 Å². The number of nitrogens with zero attached hydrogens (tertiary/aromatic N) is 5. The average Bonchev–Trinajstić information content (AvgIpc) is 3.72. The predicted molar refractivity (Wildman–Crippen MR) is 206 cm³/mol. The van der Waals surface area contributed by atoms with Crippen molar-refractivity contribution < 1.29 is 19.3 Å². The second kappa shape index (κ2) is 17.7. The molecule has 2 aromatic heterocycles. The standard InChI is InChI=1S/C42H47ClN6O4/c1-28-16-35(47-48(28)4)24-46-23-34-18-39(43)42(19-41(34)52-26-32-17-31(20-44)21-45-22-32)53-27-33-8-5-9-37(29(33)2)38-10-6-11-40(30(38)3)51-15-7-13-49-14-12-36(50)25-49/h5-6,8-11,16-19,21-22,36,46,50H,7,12-15,23-27H2,1-4H3. The summed E-state index contributed by atoms with van der Waals surface area (Å²) < 4.78 is 20.8. The number of ether oxygens (including phenoxy) is 3. The molecule has 0 amide bonds. The lowest BCUT2D eigenvalue weighted by Gasteiger charge is -2.19. The van der Waals surface area contributed by atoms with Crippen LogP contribution in [0.2, 0.25) is 5.02 Å². The molecular weight excluding hydrogens is 688 g/mol. The van der Waals surface area contributed by atoms with Gasteiger partial charge in [-0.25, -0.2) is 0 Å². The van der Waals surface area contributed by atoms with E-state index >= 15 is 0 Å². The molecule has 276 valence electrons. The van der Waals surface area contributed by atoms with Crippen LogP contribution in [-0.4, -0.2) is 57.1 Å². The molecule has 1 atom stereocenters. The summed E-state index contributed by atoms with van der Waals surface area (Å²) in [6, 6.07) is 22.1. The third-order valence-corrected chi connectivity index (χ3v) is 10.0. The third kappa shape index (κ3) is 9.75. The van der Waals surface area contributed by atoms with E-state index in [2.05, 4.69) is 70.5 Å². The van der Waals surface area contributed by atoms with Crippen molar-refractivity contribution >= 4 is 11.6 Å². The normalized spacial score (nSPS) is 14.3. The number of pyridine rings is 1. The van der Waals surface area contributed by atoms with Crippen LogP contribution < -0.4 is 19.5 Å². The lowest BCUT2D eigenvalue weighted by molar-refractivity contribution is 0.173. The highest BCUT2D eigenvalue weighted by Gasteiger charge is 2.20. The molecule has 10 nitrogen and oxygen atoms in total. The van der Waals surface area contributed by atoms with E-state index in [1.54, 1.807) is 12.3 Å². The maximum Gasteiger partial charge on any atom is 0.142 e. The van der Waals surface area contributed by atoms with Crippen LogP contribution in [0.25, 0.3) is 11.1 Å². The van der Waals surface area contributed by atoms with Crippen molar-refractivity contribution in [2.24, 2.45) is 7.05 Å². The monoisotopic (exact) mass is 734 g/mol. The van der Waals surface area contributed by atoms with Crippen molar-refractivity contribution in [3.05, 3.63) is 123 Å². The van der Waals surface area contributed by atoms with Gasteiger partial charge in [0.2, 0.25) is 0 Å². The highest BCUT2D eigenvalue weighted by atomic mass is 35.5. The number of nitrogens with one attached hydrogen (secondary N) is 1. The third-order valence-electron chi connectivity index (χ3n) is 9.75. The zero-order valence-electron chi connectivity index (χ0n) is 30.9. The number of β-amino-alcohol motifs (C(OH)–C–C–N with tert-alkyl or cyclic N) is 1. The van der Waals surface area contributed by atoms with Crippen LogP contribution in [0.15, 0.2) is 73.1 Å². The minimum absolute atomic E-state index is 0.202. The van der Waals surface area contributed by atoms with Gasteiger partial charge in [-0.3, -0.25) is 9.67 Å². The molecule has 0 bridgehead atoms. The summed E-state index contributed by atoms with van der Waals surface area (Å²) >= 11 is 6.85. The van der Waals surface area contributed by atoms with Crippen LogP contribution >= 0.6 is 11.6 Å². The van der Waals surface area contributed by atoms with Gasteiger partial charge in [0.05, 0.1) is 29.0 Å². The van der Waals surface area contributed by atoms with Crippen molar-refractivity contribution in [1.82, 2.24) is 25.0 Å². The first kappa shape index (κ1) is 37.8. The molecular formula is C42H47ClN6O4. The zero-order valence-corrected chi connectivity index (χ0v) is 31.6. The minimum Gasteiger partial charge on any atom is -0.493 e. The summed E-state index contributed by atoms with van der Waals surface area (Å²) in [6.07, 6.45) is 4.78. The summed E-state index contributed by atoms with van der Waals surface area (Å²) in [5.74, 6) is 2.01. The molecule has 2 N–H and O–H groups in total. The number of aliphatic hydroxyl groups is 1. The highest BCUT2D eigenvalue weighted by molar-refractivity contribution is 6.32. The Bertz CT molecular complexity index is 2060. The van der Waals surface area contributed by atoms with Gasteiger partial charge in [0.1, 0.15) is 36.5 Å². The summed E-state index contributed by atoms with van der Waals surface area (Å²) in [7, 11) is 1.93. The number of hydrogen-bond acceptors (Lipinski definition) is 9. The molecule has 0 spiro atoms. The number of hydrogen-bond donors (Lipinski definition) is 2. The molecule has 0 saturated carbocycles. The van der Waals surface area contributed by atoms with Crippen LogP contribution in [0.1, 0.15) is 57.6 Å². The molecule has 0 radical (unpaired) electrons. The van der Waals surface area contributed by atoms with Crippen LogP contribution in [0.5, 0.6) is 17.2 Å². The second-order valence-electron chi connectivity index (χ2n) is 13.6. The fourth-order valence-corrected chi connectivity index (χ4v) is 6.87. The molecule has 1 unspecified atom stereocenters. The number of rotatable bonds is 16. The smallest absolute Gasteiger partial charge is 0.142 e. The van der Waals surface area contributed by atoms with Crippen LogP contribution in [0.3, 0.4) is 0 Å². The Balaban J connectivity index is 1.15. The summed E-state index contributed by atoms with van der Waals surface area (Å²) in [5.41, 5.74) is 9.63. The molecule has 1 aliphatic rings. The van der Waals surface area contributed by atoms with Gasteiger partial charge < -0.3 is 29.5 Å². The fourth-order valence-electron chi connectivity index (χ4n) is 6.63. The van der Waals surface area contributed by atoms with Crippen molar-refractivity contribution in [2.75, 3.05) is 26.2 Å². The number of benzene rings is 3. The van der Waals surface area contributed by atoms with E-state index in [9.17, 15) is 10.4 Å². The Morgan fingerprint density at radius 2 is 1.70 bits per heavy atom. The van der Waals surface area contributed by atoms with Gasteiger partial charge in [0, 0.05) is 75.1 Å². The molecule has 1 fully saturated rings. The average molecular weight is 735 g/mol. The Morgan fingerprint density at radius 1 is 0.906 bits per heavy atom. The first-order chi connectivity index (χ1) is 25.7. The van der Waals surface area contributed by atoms with E-state index in [0.717, 1.165) is 88.6 Å². The van der Waals surface area contributed by atoms with E-state index in [1.807, 2.05) is 42.9 Å². The number of halogens is 1. The minimum atomic E-state index is -0.202. The zero-order chi connectivity index (χ0) is 37.3. The van der Waals surface area contributed by atoms with Gasteiger partial charge in [-0.1, -0.05) is 41.9 Å². The quantitative estimate of drug-likeness (QED) is 0.101. The molecule has 1 aliphatic heterocycles. The van der Waals surface area contributed by atoms with Crippen molar-refractivity contribution in [3.63, 3.8) is 0 Å². The van der Waals surface area contributed by atoms with E-state index in [0.29, 0.717) is 48.4 Å². The van der Waals surface area contributed by atoms with Crippen LogP contribution in [0.4, 0.5) is 0 Å². The number of aryl methyl sites for hydroxylation is 2. The number of aliphatic hydroxyl groups excluding tert-OH is 1. The van der Waals surface area contributed by atoms with E-state index < -0.39 is 0 Å². The topological polar surface area (TPSA) is 118 Å². The Kier molecular flexibility index (Phi) is 12.7. The van der Waals surface area contributed by atoms with Crippen LogP contribution in [0, 0.1) is 32.1 Å². The van der Waals surface area contributed by atoms with Gasteiger partial charge in [-0.05, 0) is 85.7 Å². The second-order valence-corrected chi connectivity index (χ2v) is 14.0.